The summed E-state index contributed by atoms with van der Waals surface area (Å²) in [5.74, 6) is 0. The Balaban J connectivity index is 0.925. The van der Waals surface area contributed by atoms with Crippen LogP contribution in [0.5, 0.6) is 0 Å². The van der Waals surface area contributed by atoms with Crippen LogP contribution in [0.15, 0.2) is 279 Å². The first-order valence-corrected chi connectivity index (χ1v) is 38.3. The van der Waals surface area contributed by atoms with Gasteiger partial charge in [-0.15, -0.1) is 0 Å². The fourth-order valence-electron chi connectivity index (χ4n) is 18.5. The molecule has 3 nitrogen and oxygen atoms in total. The van der Waals surface area contributed by atoms with E-state index in [1.807, 2.05) is 0 Å². The maximum atomic E-state index is 2.64. The average Bonchev–Trinajstić information content (AvgIpc) is 0.780. The van der Waals surface area contributed by atoms with Crippen LogP contribution in [0.2, 0.25) is 0 Å². The minimum Gasteiger partial charge on any atom is -0.311 e. The van der Waals surface area contributed by atoms with E-state index in [0.717, 1.165) is 41.3 Å². The molecule has 3 aliphatic rings. The summed E-state index contributed by atoms with van der Waals surface area (Å²) in [4.78, 5) is 5.25. The molecule has 0 N–H and O–H groups in total. The van der Waals surface area contributed by atoms with Crippen molar-refractivity contribution in [3.8, 4) is 50.2 Å². The fourth-order valence-corrected chi connectivity index (χ4v) is 18.5. The molecule has 0 unspecified atom stereocenters. The number of fused-ring (bicyclic) bond motifs is 7. The van der Waals surface area contributed by atoms with Crippen molar-refractivity contribution in [2.75, 3.05) is 9.80 Å². The highest BCUT2D eigenvalue weighted by Gasteiger charge is 2.45. The van der Waals surface area contributed by atoms with E-state index in [2.05, 4.69) is 377 Å². The molecule has 0 bridgehead atoms. The van der Waals surface area contributed by atoms with Crippen molar-refractivity contribution in [2.45, 2.75) is 118 Å². The van der Waals surface area contributed by atoms with Gasteiger partial charge in [-0.05, 0) is 268 Å². The van der Waals surface area contributed by atoms with Crippen LogP contribution in [0.25, 0.3) is 126 Å². The fraction of sp³-hybridized carbons (Fsp3) is 0.176. The first kappa shape index (κ1) is 64.2. The molecule has 4 heteroatoms. The summed E-state index contributed by atoms with van der Waals surface area (Å²) in [7, 11) is 0. The third-order valence-corrected chi connectivity index (χ3v) is 24.1. The van der Waals surface area contributed by atoms with Crippen molar-refractivity contribution < 1.29 is 0 Å². The summed E-state index contributed by atoms with van der Waals surface area (Å²) >= 11 is 0. The second-order valence-electron chi connectivity index (χ2n) is 34.9. The molecule has 1 aliphatic carbocycles. The van der Waals surface area contributed by atoms with Crippen LogP contribution in [0.3, 0.4) is 0 Å². The van der Waals surface area contributed by atoms with Gasteiger partial charge in [0, 0.05) is 44.9 Å². The third-order valence-electron chi connectivity index (χ3n) is 24.1. The average molecular weight is 1360 g/mol. The van der Waals surface area contributed by atoms with Crippen LogP contribution in [-0.4, -0.2) is 11.3 Å². The minimum atomic E-state index is -0.236. The van der Waals surface area contributed by atoms with Crippen LogP contribution in [0.4, 0.5) is 34.1 Å². The van der Waals surface area contributed by atoms with Gasteiger partial charge in [0.1, 0.15) is 0 Å². The lowest BCUT2D eigenvalue weighted by Gasteiger charge is -2.45. The van der Waals surface area contributed by atoms with Crippen molar-refractivity contribution in [3.05, 3.63) is 312 Å². The zero-order chi connectivity index (χ0) is 72.2. The lowest BCUT2D eigenvalue weighted by molar-refractivity contribution is 0.589. The standard InChI is InChI=1S/C102H86BN3/c1-99(2,3)73-47-67-31-33-69-49-75(101(7,8)9)57-84-82(53-71(51-73)94(67)96(69)84)65-39-45-90-86(55-65)103-87-56-66(83-54-72-52-74(100(4,5)6)48-68-32-34-70-50-76(102(10,11)12)58-85(83)97(70)95(68)72)40-46-91(87)105(78-43-37-64(38-44-78)62-25-17-14-18-26-62)93-60-79(106-88-29-21-19-27-80(88)81-28-20-22-30-89(81)106)59-92(98(93)103)104(90)77-41-35-63(36-42-77)61-23-15-13-16-24-61/h13-31,33,35-60H,32,34H2,1-12H3. The number of para-hydroxylation sites is 2. The SMILES string of the molecule is CC(C)(C)c1cc2c3c(c1)cc(-c1ccc4c(c1)B1c5cc(-c6cc7cc(C(C)(C)C)cc8ccc9cc(C(C)(C)C)cc6c9c87)ccc5N(c5ccc(-c6ccccc6)cc5)c5cc(-n6c7ccccc7c7ccccc76)cc(c51)N4c1ccc(-c4ccccc4)cc1)c1cc(C(C)(C)C)cc(c13)CC2. The molecule has 17 aromatic rings. The van der Waals surface area contributed by atoms with Gasteiger partial charge in [0.25, 0.3) is 6.71 Å². The van der Waals surface area contributed by atoms with E-state index < -0.39 is 0 Å². The summed E-state index contributed by atoms with van der Waals surface area (Å²) in [5, 5.41) is 15.8. The molecule has 106 heavy (non-hydrogen) atoms. The molecule has 3 heterocycles. The number of hydrogen-bond acceptors (Lipinski definition) is 2. The van der Waals surface area contributed by atoms with Crippen LogP contribution in [-0.2, 0) is 34.5 Å². The molecule has 16 aromatic carbocycles. The maximum absolute atomic E-state index is 2.64. The van der Waals surface area contributed by atoms with E-state index in [9.17, 15) is 0 Å². The molecule has 0 amide bonds. The monoisotopic (exact) mass is 1360 g/mol. The van der Waals surface area contributed by atoms with E-state index >= 15 is 0 Å². The highest BCUT2D eigenvalue weighted by molar-refractivity contribution is 7.00. The second-order valence-corrected chi connectivity index (χ2v) is 34.9. The Hall–Kier alpha value is -11.5. The molecular formula is C102H86BN3. The minimum absolute atomic E-state index is 0.0243. The zero-order valence-electron chi connectivity index (χ0n) is 62.9. The summed E-state index contributed by atoms with van der Waals surface area (Å²) in [6, 6.07) is 109. The largest absolute Gasteiger partial charge is 0.311 e. The van der Waals surface area contributed by atoms with Gasteiger partial charge in [-0.3, -0.25) is 0 Å². The Kier molecular flexibility index (Phi) is 13.9. The highest BCUT2D eigenvalue weighted by Crippen LogP contribution is 2.52. The first-order valence-electron chi connectivity index (χ1n) is 38.3. The molecular weight excluding hydrogens is 1280 g/mol. The summed E-state index contributed by atoms with van der Waals surface area (Å²) in [5.41, 5.74) is 32.0. The smallest absolute Gasteiger partial charge is 0.252 e. The van der Waals surface area contributed by atoms with Crippen molar-refractivity contribution in [1.82, 2.24) is 4.57 Å². The van der Waals surface area contributed by atoms with Crippen molar-refractivity contribution in [1.29, 1.82) is 0 Å². The molecule has 512 valence electrons. The van der Waals surface area contributed by atoms with Gasteiger partial charge in [-0.25, -0.2) is 0 Å². The Bertz CT molecular complexity index is 6450. The maximum Gasteiger partial charge on any atom is 0.252 e. The summed E-state index contributed by atoms with van der Waals surface area (Å²) < 4.78 is 2.53. The van der Waals surface area contributed by atoms with E-state index in [0.29, 0.717) is 0 Å². The molecule has 0 fully saturated rings. The van der Waals surface area contributed by atoms with E-state index in [4.69, 9.17) is 0 Å². The lowest BCUT2D eigenvalue weighted by Crippen LogP contribution is -2.61. The van der Waals surface area contributed by atoms with E-state index in [-0.39, 0.29) is 28.4 Å². The van der Waals surface area contributed by atoms with Gasteiger partial charge >= 0.3 is 0 Å². The predicted molar refractivity (Wildman–Crippen MR) is 457 cm³/mol. The van der Waals surface area contributed by atoms with Crippen molar-refractivity contribution >= 4 is 133 Å². The zero-order valence-corrected chi connectivity index (χ0v) is 62.9. The molecule has 0 saturated carbocycles. The molecule has 20 rings (SSSR count). The predicted octanol–water partition coefficient (Wildman–Crippen LogP) is 26.0. The Morgan fingerprint density at radius 1 is 0.264 bits per heavy atom. The third kappa shape index (κ3) is 10.00. The Labute approximate surface area is 623 Å². The van der Waals surface area contributed by atoms with Crippen molar-refractivity contribution in [3.63, 3.8) is 0 Å². The van der Waals surface area contributed by atoms with Gasteiger partial charge < -0.3 is 14.4 Å². The molecule has 2 aliphatic heterocycles. The number of aryl methyl sites for hydroxylation is 2. The highest BCUT2D eigenvalue weighted by atomic mass is 15.2. The number of aromatic nitrogens is 1. The number of anilines is 6. The lowest BCUT2D eigenvalue weighted by atomic mass is 9.33. The van der Waals surface area contributed by atoms with Crippen LogP contribution < -0.4 is 26.2 Å². The number of rotatable bonds is 7. The topological polar surface area (TPSA) is 11.4 Å². The second kappa shape index (κ2) is 23.0. The van der Waals surface area contributed by atoms with Crippen LogP contribution >= 0.6 is 0 Å². The number of nitrogens with zero attached hydrogens (tertiary/aromatic N) is 3. The Morgan fingerprint density at radius 3 is 1.12 bits per heavy atom. The first-order chi connectivity index (χ1) is 51.1. The summed E-state index contributed by atoms with van der Waals surface area (Å²) in [6.07, 6.45) is 2.06. The van der Waals surface area contributed by atoms with Crippen LogP contribution in [0.1, 0.15) is 116 Å². The quantitative estimate of drug-likeness (QED) is 0.116. The number of benzene rings is 16. The molecule has 0 spiro atoms. The van der Waals surface area contributed by atoms with Gasteiger partial charge in [0.15, 0.2) is 0 Å². The van der Waals surface area contributed by atoms with E-state index in [1.165, 1.54) is 181 Å². The number of hydrogen-bond donors (Lipinski definition) is 0. The van der Waals surface area contributed by atoms with Gasteiger partial charge in [-0.1, -0.05) is 277 Å². The molecule has 0 saturated heterocycles. The Morgan fingerprint density at radius 2 is 0.642 bits per heavy atom. The van der Waals surface area contributed by atoms with Crippen molar-refractivity contribution in [2.24, 2.45) is 0 Å². The van der Waals surface area contributed by atoms with Gasteiger partial charge in [0.05, 0.1) is 16.7 Å². The molecule has 0 atom stereocenters. The molecule has 1 aromatic heterocycles. The normalized spacial score (nSPS) is 13.7. The summed E-state index contributed by atoms with van der Waals surface area (Å²) in [6.45, 7) is 28.2. The van der Waals surface area contributed by atoms with Gasteiger partial charge in [-0.2, -0.15) is 0 Å². The van der Waals surface area contributed by atoms with Gasteiger partial charge in [0.2, 0.25) is 0 Å². The van der Waals surface area contributed by atoms with Crippen LogP contribution in [0, 0.1) is 0 Å². The molecule has 0 radical (unpaired) electrons. The van der Waals surface area contributed by atoms with E-state index in [1.54, 1.807) is 0 Å².